The van der Waals surface area contributed by atoms with Crippen molar-refractivity contribution in [3.05, 3.63) is 77.7 Å². The number of benzene rings is 1. The summed E-state index contributed by atoms with van der Waals surface area (Å²) in [6.45, 7) is 3.60. The molecule has 3 amide bonds. The number of carboxylic acids is 10. The van der Waals surface area contributed by atoms with Gasteiger partial charge in [-0.25, -0.2) is 48.3 Å². The van der Waals surface area contributed by atoms with Crippen LogP contribution in [0, 0.1) is 0 Å². The minimum absolute atomic E-state index is 0.0167. The van der Waals surface area contributed by atoms with Gasteiger partial charge in [0, 0.05) is 83.2 Å². The summed E-state index contributed by atoms with van der Waals surface area (Å²) in [4.78, 5) is 177. The number of hydrogen-bond donors (Lipinski definition) is 14. The minimum Gasteiger partial charge on any atom is -0.481 e. The molecule has 1 spiro atoms. The number of imidazole rings is 2. The van der Waals surface area contributed by atoms with Crippen molar-refractivity contribution in [2.24, 2.45) is 0 Å². The number of carboxylic acid groups (broad SMARTS) is 10. The summed E-state index contributed by atoms with van der Waals surface area (Å²) >= 11 is 0. The first-order chi connectivity index (χ1) is 53.9. The number of urea groups is 1. The smallest absolute Gasteiger partial charge is 0.481 e. The van der Waals surface area contributed by atoms with Crippen LogP contribution in [0.5, 0.6) is 0 Å². The fraction of sp³-hybridized carbons (Fsp3) is 0.630. The van der Waals surface area contributed by atoms with E-state index >= 15 is 0 Å². The van der Waals surface area contributed by atoms with Crippen molar-refractivity contribution in [2.75, 3.05) is 128 Å². The summed E-state index contributed by atoms with van der Waals surface area (Å²) < 4.78 is 2.44. The van der Waals surface area contributed by atoms with Gasteiger partial charge in [-0.15, -0.1) is 17.9 Å². The summed E-state index contributed by atoms with van der Waals surface area (Å²) in [7, 11) is 0. The number of anilines is 2. The second kappa shape index (κ2) is 39.3. The van der Waals surface area contributed by atoms with E-state index in [0.29, 0.717) is 101 Å². The standard InChI is InChI=1S/C73H104N18O22/c92-59(76-22-10-8-13-54(68(109)110)78-72(113)79-55(69(111)112)20-21-60(93)94)15-7-5-3-1-2-4-6-11-25-83-29-31-85(32-30-83)71-81-56(80-70(82-71)77-53(67(107)108)14-9-12-26-84(41-57-74-23-27-86(57)43-61(95)96)42-58-75-24-28-87(58)44-62(97)98)40-51-18-16-50(17-19-51)39-52-45-90(48-65(103)104)36-35-88(46-63(99)100)33-34-89(47-64(101)102)37-38-91(52,49-66(105)106)73(88,89)90/h16-19,23-24,27-28,52-55H,1-15,20-22,25-26,29-49H2,(H10-4,76,77,78,79,80,81,82,92,93,94,95,96,97,98,99,100,101,102,103,104,105,106,107,108,109,110,111,112,113)/p+4/t52?,53-,54+,55+,73-,88?,89?,90-,91?/m1/s1. The van der Waals surface area contributed by atoms with Gasteiger partial charge < -0.3 is 86.4 Å². The van der Waals surface area contributed by atoms with Crippen molar-refractivity contribution in [3.8, 4) is 0 Å². The number of amides is 3. The lowest BCUT2D eigenvalue weighted by Crippen LogP contribution is -2.86. The van der Waals surface area contributed by atoms with Crippen molar-refractivity contribution in [1.82, 2.24) is 59.8 Å². The molecule has 8 heterocycles. The van der Waals surface area contributed by atoms with Gasteiger partial charge in [0.2, 0.25) is 17.8 Å². The number of carbonyl (C=O) groups is 12. The third-order valence-electron chi connectivity index (χ3n) is 23.0. The predicted octanol–water partition coefficient (Wildman–Crippen LogP) is 0.935. The second-order valence-electron chi connectivity index (χ2n) is 30.6. The summed E-state index contributed by atoms with van der Waals surface area (Å²) in [6, 6.07) is 1.95. The lowest BCUT2D eigenvalue weighted by Gasteiger charge is -2.50. The Hall–Kier alpha value is -10.5. The fourth-order valence-electron chi connectivity index (χ4n) is 18.4. The average Bonchev–Trinajstić information content (AvgIpc) is 1.44. The monoisotopic (exact) mass is 1590 g/mol. The quantitative estimate of drug-likeness (QED) is 0.0216. The number of nitrogens with one attached hydrogen (secondary N) is 4. The van der Waals surface area contributed by atoms with Crippen molar-refractivity contribution < 1.29 is 127 Å². The first kappa shape index (κ1) is 86.4. The van der Waals surface area contributed by atoms with Gasteiger partial charge in [0.15, 0.2) is 32.2 Å². The molecule has 9 rings (SSSR count). The van der Waals surface area contributed by atoms with E-state index in [1.54, 1.807) is 12.4 Å². The molecule has 0 saturated carbocycles. The van der Waals surface area contributed by atoms with E-state index in [1.165, 1.54) is 21.5 Å². The Kier molecular flexibility index (Phi) is 30.0. The zero-order valence-corrected chi connectivity index (χ0v) is 63.6. The zero-order valence-electron chi connectivity index (χ0n) is 63.6. The topological polar surface area (TPSA) is 539 Å². The molecule has 0 radical (unpaired) electrons. The normalized spacial score (nSPS) is 22.4. The summed E-state index contributed by atoms with van der Waals surface area (Å²) in [5.74, 6) is -11.9. The second-order valence-corrected chi connectivity index (χ2v) is 30.6. The predicted molar refractivity (Wildman–Crippen MR) is 396 cm³/mol. The van der Waals surface area contributed by atoms with Crippen LogP contribution >= 0.6 is 0 Å². The molecule has 40 nitrogen and oxygen atoms in total. The van der Waals surface area contributed by atoms with E-state index in [0.717, 1.165) is 62.6 Å². The largest absolute Gasteiger partial charge is 0.483 e. The Morgan fingerprint density at radius 2 is 1.01 bits per heavy atom. The van der Waals surface area contributed by atoms with Gasteiger partial charge in [0.1, 0.15) is 94.5 Å². The Bertz CT molecular complexity index is 3960. The lowest BCUT2D eigenvalue weighted by molar-refractivity contribution is -1.36. The highest BCUT2D eigenvalue weighted by atomic mass is 16.4. The van der Waals surface area contributed by atoms with Gasteiger partial charge in [0.05, 0.1) is 13.1 Å². The third kappa shape index (κ3) is 21.8. The van der Waals surface area contributed by atoms with E-state index in [1.807, 2.05) is 34.1 Å². The molecule has 14 N–H and O–H groups in total. The molecule has 0 aliphatic carbocycles. The molecule has 40 heteroatoms. The third-order valence-corrected chi connectivity index (χ3v) is 23.0. The molecule has 4 unspecified atom stereocenters. The molecule has 5 fully saturated rings. The fourth-order valence-corrected chi connectivity index (χ4v) is 18.4. The van der Waals surface area contributed by atoms with Gasteiger partial charge in [-0.3, -0.25) is 29.0 Å². The molecule has 618 valence electrons. The van der Waals surface area contributed by atoms with Gasteiger partial charge >= 0.3 is 71.6 Å². The van der Waals surface area contributed by atoms with Crippen LogP contribution in [0.4, 0.5) is 16.7 Å². The van der Waals surface area contributed by atoms with E-state index < -0.39 is 128 Å². The maximum Gasteiger partial charge on any atom is 0.483 e. The maximum absolute atomic E-state index is 13.3. The van der Waals surface area contributed by atoms with E-state index in [2.05, 4.69) is 36.1 Å². The first-order valence-electron chi connectivity index (χ1n) is 38.7. The van der Waals surface area contributed by atoms with Crippen LogP contribution in [0.3, 0.4) is 0 Å². The number of piperazine rings is 1. The van der Waals surface area contributed by atoms with Gasteiger partial charge in [-0.05, 0) is 82.0 Å². The molecule has 9 atom stereocenters. The van der Waals surface area contributed by atoms with Crippen LogP contribution < -0.4 is 26.2 Å². The number of hydrogen-bond acceptors (Lipinski definition) is 21. The number of aliphatic carboxylic acids is 10. The Balaban J connectivity index is 0.806. The highest BCUT2D eigenvalue weighted by molar-refractivity contribution is 5.86. The number of quaternary nitrogens is 4. The summed E-state index contributed by atoms with van der Waals surface area (Å²) in [6.07, 6.45) is 15.4. The Labute approximate surface area is 651 Å². The van der Waals surface area contributed by atoms with Gasteiger partial charge in [-0.1, -0.05) is 62.8 Å². The summed E-state index contributed by atoms with van der Waals surface area (Å²) in [5, 5.41) is 110. The van der Waals surface area contributed by atoms with Crippen molar-refractivity contribution in [3.63, 3.8) is 0 Å². The molecule has 5 saturated heterocycles. The van der Waals surface area contributed by atoms with E-state index in [4.69, 9.17) is 20.1 Å². The lowest BCUT2D eigenvalue weighted by atomic mass is 10.0. The molecule has 4 aromatic rings. The molecular formula is C73H108N18O22+4. The van der Waals surface area contributed by atoms with Crippen LogP contribution in [0.1, 0.15) is 138 Å². The summed E-state index contributed by atoms with van der Waals surface area (Å²) in [5.41, 5.74) is 1.55. The highest BCUT2D eigenvalue weighted by Gasteiger charge is 3.01. The van der Waals surface area contributed by atoms with Gasteiger partial charge in [-0.2, -0.15) is 15.0 Å². The minimum atomic E-state index is -1.52. The number of carbonyl (C=O) groups excluding carboxylic acids is 2. The Morgan fingerprint density at radius 3 is 1.56 bits per heavy atom. The number of unbranched alkanes of at least 4 members (excludes halogenated alkanes) is 9. The van der Waals surface area contributed by atoms with Crippen LogP contribution in [0.25, 0.3) is 0 Å². The average molecular weight is 1590 g/mol. The van der Waals surface area contributed by atoms with E-state index in [-0.39, 0.29) is 134 Å². The Morgan fingerprint density at radius 1 is 0.504 bits per heavy atom. The van der Waals surface area contributed by atoms with Crippen LogP contribution in [-0.4, -0.2) is 332 Å². The molecular weight excluding hydrogens is 1480 g/mol. The SMILES string of the molecule is O=C(O)CC[C@H](NC(=O)N[C@@H](CCCCNC(=O)CCCCCCCCCCN1CCN(c2nc(Cc3ccc(CC4C[N@@+]5(CC(=O)O)CC[N+]6(CC(=O)O)CC[N+]7(CC(=O)O)CC[N+]4(CC(=O)O)[C@@]765)cc3)nc(N[C@H](CCCCN(Cc3nccn3CC(=O)O)Cc3nccn3CC(=O)O)C(=O)O)n2)CC1)C(=O)O)C(=O)O. The molecule has 3 aromatic heterocycles. The van der Waals surface area contributed by atoms with Crippen molar-refractivity contribution in [2.45, 2.75) is 178 Å². The van der Waals surface area contributed by atoms with Crippen LogP contribution in [0.2, 0.25) is 0 Å². The number of nitrogens with zero attached hydrogens (tertiary/aromatic N) is 14. The van der Waals surface area contributed by atoms with Crippen molar-refractivity contribution >= 4 is 83.5 Å². The zero-order chi connectivity index (χ0) is 81.7. The van der Waals surface area contributed by atoms with Crippen molar-refractivity contribution in [1.29, 1.82) is 0 Å². The molecule has 5 aliphatic rings. The maximum atomic E-state index is 13.3. The van der Waals surface area contributed by atoms with Crippen LogP contribution in [0.15, 0.2) is 49.1 Å². The first-order valence-corrected chi connectivity index (χ1v) is 38.7. The molecule has 5 aliphatic heterocycles. The van der Waals surface area contributed by atoms with E-state index in [9.17, 15) is 103 Å². The van der Waals surface area contributed by atoms with Gasteiger partial charge in [0.25, 0.3) is 0 Å². The van der Waals surface area contributed by atoms with Crippen LogP contribution in [-0.2, 0) is 91.8 Å². The number of aromatic nitrogens is 7. The highest BCUT2D eigenvalue weighted by Crippen LogP contribution is 2.64. The molecule has 1 aromatic carbocycles. The number of rotatable bonds is 52. The molecule has 0 bridgehead atoms. The molecule has 113 heavy (non-hydrogen) atoms.